The molecule has 0 saturated heterocycles. The lowest BCUT2D eigenvalue weighted by Crippen LogP contribution is -2.14. The van der Waals surface area contributed by atoms with E-state index in [1.54, 1.807) is 18.2 Å². The van der Waals surface area contributed by atoms with E-state index in [-0.39, 0.29) is 16.7 Å². The van der Waals surface area contributed by atoms with Gasteiger partial charge >= 0.3 is 0 Å². The summed E-state index contributed by atoms with van der Waals surface area (Å²) in [6, 6.07) is 23.3. The zero-order valence-electron chi connectivity index (χ0n) is 15.3. The van der Waals surface area contributed by atoms with E-state index in [4.69, 9.17) is 0 Å². The molecule has 4 rings (SSSR count). The van der Waals surface area contributed by atoms with Gasteiger partial charge in [-0.3, -0.25) is 0 Å². The van der Waals surface area contributed by atoms with Crippen molar-refractivity contribution in [3.63, 3.8) is 0 Å². The number of sulfone groups is 1. The molecule has 5 heteroatoms. The van der Waals surface area contributed by atoms with Crippen LogP contribution in [0.1, 0.15) is 29.9 Å². The molecule has 1 aliphatic rings. The van der Waals surface area contributed by atoms with Gasteiger partial charge in [0.15, 0.2) is 14.9 Å². The summed E-state index contributed by atoms with van der Waals surface area (Å²) in [5.41, 5.74) is 4.37. The Morgan fingerprint density at radius 3 is 2.46 bits per heavy atom. The first-order valence-electron chi connectivity index (χ1n) is 9.21. The van der Waals surface area contributed by atoms with E-state index in [2.05, 4.69) is 45.2 Å². The molecule has 0 fully saturated rings. The van der Waals surface area contributed by atoms with Crippen LogP contribution in [-0.2, 0) is 9.84 Å². The molecule has 3 aromatic rings. The van der Waals surface area contributed by atoms with Crippen molar-refractivity contribution in [1.29, 1.82) is 0 Å². The lowest BCUT2D eigenvalue weighted by Gasteiger charge is -2.17. The van der Waals surface area contributed by atoms with E-state index in [9.17, 15) is 8.42 Å². The van der Waals surface area contributed by atoms with Crippen LogP contribution >= 0.6 is 15.9 Å². The van der Waals surface area contributed by atoms with Crippen molar-refractivity contribution in [2.45, 2.75) is 23.8 Å². The third-order valence-electron chi connectivity index (χ3n) is 5.17. The van der Waals surface area contributed by atoms with Gasteiger partial charge in [-0.25, -0.2) is 13.4 Å². The molecule has 1 atom stereocenters. The highest BCUT2D eigenvalue weighted by Gasteiger charge is 2.32. The average Bonchev–Trinajstić information content (AvgIpc) is 3.12. The Hall–Kier alpha value is -2.24. The Kier molecular flexibility index (Phi) is 5.47. The number of hydrogen-bond acceptors (Lipinski definition) is 3. The van der Waals surface area contributed by atoms with Gasteiger partial charge in [-0.05, 0) is 59.4 Å². The van der Waals surface area contributed by atoms with Gasteiger partial charge in [-0.2, -0.15) is 0 Å². The van der Waals surface area contributed by atoms with Crippen LogP contribution in [0.2, 0.25) is 0 Å². The predicted octanol–water partition coefficient (Wildman–Crippen LogP) is 5.65. The van der Waals surface area contributed by atoms with Gasteiger partial charge in [0.05, 0.1) is 5.75 Å². The number of rotatable bonds is 5. The second kappa shape index (κ2) is 8.02. The Labute approximate surface area is 174 Å². The monoisotopic (exact) mass is 453 g/mol. The third kappa shape index (κ3) is 3.96. The topological polar surface area (TPSA) is 47.0 Å². The Bertz CT molecular complexity index is 1110. The summed E-state index contributed by atoms with van der Waals surface area (Å²) < 4.78 is 27.2. The van der Waals surface area contributed by atoms with E-state index in [1.807, 2.05) is 30.3 Å². The van der Waals surface area contributed by atoms with Crippen LogP contribution in [-0.4, -0.2) is 19.2 Å². The molecule has 0 radical (unpaired) electrons. The largest absolute Gasteiger partial charge is 0.245 e. The zero-order chi connectivity index (χ0) is 19.6. The lowest BCUT2D eigenvalue weighted by molar-refractivity contribution is 0.593. The first-order valence-corrected chi connectivity index (χ1v) is 11.7. The minimum absolute atomic E-state index is 0.00851. The van der Waals surface area contributed by atoms with Crippen LogP contribution in [0, 0.1) is 0 Å². The SMILES string of the molecule is O=S(=O)(CC1=C(c2ccccc2)CCC1c1cccc(Br)c1)c1ccccn1. The molecule has 0 aliphatic heterocycles. The maximum absolute atomic E-state index is 13.1. The van der Waals surface area contributed by atoms with E-state index < -0.39 is 9.84 Å². The van der Waals surface area contributed by atoms with Gasteiger partial charge in [0.1, 0.15) is 0 Å². The minimum Gasteiger partial charge on any atom is -0.245 e. The van der Waals surface area contributed by atoms with Crippen molar-refractivity contribution < 1.29 is 8.42 Å². The maximum Gasteiger partial charge on any atom is 0.199 e. The molecule has 0 spiro atoms. The van der Waals surface area contributed by atoms with Crippen LogP contribution in [0.5, 0.6) is 0 Å². The van der Waals surface area contributed by atoms with E-state index in [1.165, 1.54) is 6.20 Å². The highest BCUT2D eigenvalue weighted by molar-refractivity contribution is 9.10. The number of hydrogen-bond donors (Lipinski definition) is 0. The summed E-state index contributed by atoms with van der Waals surface area (Å²) in [5, 5.41) is 0.134. The highest BCUT2D eigenvalue weighted by atomic mass is 79.9. The Balaban J connectivity index is 1.80. The molecule has 1 aliphatic carbocycles. The molecule has 142 valence electrons. The van der Waals surface area contributed by atoms with Crippen molar-refractivity contribution in [3.05, 3.63) is 100 Å². The Morgan fingerprint density at radius 1 is 0.964 bits per heavy atom. The van der Waals surface area contributed by atoms with Crippen molar-refractivity contribution in [3.8, 4) is 0 Å². The number of nitrogens with zero attached hydrogens (tertiary/aromatic N) is 1. The van der Waals surface area contributed by atoms with Crippen LogP contribution in [0.15, 0.2) is 94.1 Å². The standard InChI is InChI=1S/C23H20BrNO2S/c24-19-10-6-9-18(15-19)21-13-12-20(17-7-2-1-3-8-17)22(21)16-28(26,27)23-11-4-5-14-25-23/h1-11,14-15,21H,12-13,16H2. The highest BCUT2D eigenvalue weighted by Crippen LogP contribution is 2.45. The minimum atomic E-state index is -3.52. The molecule has 1 aromatic heterocycles. The third-order valence-corrected chi connectivity index (χ3v) is 7.23. The lowest BCUT2D eigenvalue weighted by atomic mass is 9.92. The van der Waals surface area contributed by atoms with E-state index in [0.717, 1.165) is 39.6 Å². The molecular formula is C23H20BrNO2S. The fourth-order valence-corrected chi connectivity index (χ4v) is 5.75. The molecule has 0 saturated carbocycles. The fourth-order valence-electron chi connectivity index (χ4n) is 3.89. The maximum atomic E-state index is 13.1. The second-order valence-electron chi connectivity index (χ2n) is 6.94. The predicted molar refractivity (Wildman–Crippen MR) is 116 cm³/mol. The molecule has 0 amide bonds. The van der Waals surface area contributed by atoms with Crippen molar-refractivity contribution in [1.82, 2.24) is 4.98 Å². The number of benzene rings is 2. The number of pyridine rings is 1. The molecule has 0 N–H and O–H groups in total. The first kappa shape index (κ1) is 19.1. The van der Waals surface area contributed by atoms with Crippen LogP contribution in [0.4, 0.5) is 0 Å². The van der Waals surface area contributed by atoms with Crippen LogP contribution in [0.25, 0.3) is 5.57 Å². The summed E-state index contributed by atoms with van der Waals surface area (Å²) in [6.07, 6.45) is 3.31. The molecule has 1 heterocycles. The number of halogens is 1. The normalized spacial score (nSPS) is 17.1. The molecular weight excluding hydrogens is 434 g/mol. The van der Waals surface area contributed by atoms with Gasteiger partial charge < -0.3 is 0 Å². The van der Waals surface area contributed by atoms with Crippen LogP contribution < -0.4 is 0 Å². The van der Waals surface area contributed by atoms with Crippen LogP contribution in [0.3, 0.4) is 0 Å². The van der Waals surface area contributed by atoms with Crippen molar-refractivity contribution >= 4 is 31.3 Å². The summed E-state index contributed by atoms with van der Waals surface area (Å²) in [5.74, 6) is 0.0806. The molecule has 3 nitrogen and oxygen atoms in total. The molecule has 28 heavy (non-hydrogen) atoms. The van der Waals surface area contributed by atoms with Gasteiger partial charge in [-0.15, -0.1) is 0 Å². The molecule has 0 bridgehead atoms. The van der Waals surface area contributed by atoms with E-state index >= 15 is 0 Å². The first-order chi connectivity index (χ1) is 13.5. The molecule has 2 aromatic carbocycles. The zero-order valence-corrected chi connectivity index (χ0v) is 17.7. The number of allylic oxidation sites excluding steroid dienone is 1. The van der Waals surface area contributed by atoms with E-state index in [0.29, 0.717) is 0 Å². The quantitative estimate of drug-likeness (QED) is 0.501. The Morgan fingerprint density at radius 2 is 1.75 bits per heavy atom. The van der Waals surface area contributed by atoms with Crippen molar-refractivity contribution in [2.24, 2.45) is 0 Å². The fraction of sp³-hybridized carbons (Fsp3) is 0.174. The van der Waals surface area contributed by atoms with Crippen molar-refractivity contribution in [2.75, 3.05) is 5.75 Å². The summed E-state index contributed by atoms with van der Waals surface area (Å²) >= 11 is 3.54. The summed E-state index contributed by atoms with van der Waals surface area (Å²) in [7, 11) is -3.52. The summed E-state index contributed by atoms with van der Waals surface area (Å²) in [4.78, 5) is 4.08. The smallest absolute Gasteiger partial charge is 0.199 e. The van der Waals surface area contributed by atoms with Gasteiger partial charge in [0.25, 0.3) is 0 Å². The summed E-state index contributed by atoms with van der Waals surface area (Å²) in [6.45, 7) is 0. The molecule has 1 unspecified atom stereocenters. The number of aromatic nitrogens is 1. The second-order valence-corrected chi connectivity index (χ2v) is 9.80. The van der Waals surface area contributed by atoms with Gasteiger partial charge in [-0.1, -0.05) is 64.5 Å². The van der Waals surface area contributed by atoms with Gasteiger partial charge in [0.2, 0.25) is 0 Å². The average molecular weight is 454 g/mol. The van der Waals surface area contributed by atoms with Gasteiger partial charge in [0, 0.05) is 16.6 Å².